The van der Waals surface area contributed by atoms with Crippen molar-refractivity contribution in [2.24, 2.45) is 11.1 Å². The van der Waals surface area contributed by atoms with Crippen LogP contribution in [-0.2, 0) is 9.53 Å². The molecule has 1 heterocycles. The Morgan fingerprint density at radius 2 is 2.41 bits per heavy atom. The van der Waals surface area contributed by atoms with Gasteiger partial charge in [0.1, 0.15) is 0 Å². The third-order valence-electron chi connectivity index (χ3n) is 4.02. The normalized spacial score (nSPS) is 37.8. The van der Waals surface area contributed by atoms with Crippen molar-refractivity contribution in [3.05, 3.63) is 0 Å². The van der Waals surface area contributed by atoms with Gasteiger partial charge in [0, 0.05) is 12.6 Å². The van der Waals surface area contributed by atoms with E-state index < -0.39 is 11.5 Å². The Morgan fingerprint density at radius 3 is 3.00 bits per heavy atom. The van der Waals surface area contributed by atoms with Crippen LogP contribution in [0.1, 0.15) is 26.2 Å². The molecule has 0 spiro atoms. The van der Waals surface area contributed by atoms with E-state index in [-0.39, 0.29) is 11.9 Å². The Labute approximate surface area is 102 Å². The van der Waals surface area contributed by atoms with Gasteiger partial charge in [-0.1, -0.05) is 6.42 Å². The molecule has 5 nitrogen and oxygen atoms in total. The van der Waals surface area contributed by atoms with Crippen LogP contribution < -0.4 is 5.73 Å². The highest BCUT2D eigenvalue weighted by Gasteiger charge is 2.45. The summed E-state index contributed by atoms with van der Waals surface area (Å²) in [7, 11) is 0. The molecule has 2 aliphatic rings. The number of rotatable bonds is 1. The first-order valence-corrected chi connectivity index (χ1v) is 6.14. The minimum atomic E-state index is -0.492. The summed E-state index contributed by atoms with van der Waals surface area (Å²) in [6, 6.07) is 2.00. The molecule has 2 fully saturated rings. The summed E-state index contributed by atoms with van der Waals surface area (Å²) in [5.74, 6) is 0.0889. The molecular formula is C12H19N3O2. The molecule has 0 aromatic heterocycles. The van der Waals surface area contributed by atoms with Crippen molar-refractivity contribution in [2.45, 2.75) is 38.3 Å². The molecule has 3 atom stereocenters. The lowest BCUT2D eigenvalue weighted by atomic mass is 9.83. The number of hydrogen-bond donors (Lipinski definition) is 1. The van der Waals surface area contributed by atoms with Gasteiger partial charge in [0.05, 0.1) is 24.6 Å². The van der Waals surface area contributed by atoms with E-state index in [4.69, 9.17) is 15.7 Å². The summed E-state index contributed by atoms with van der Waals surface area (Å²) in [5.41, 5.74) is 5.60. The van der Waals surface area contributed by atoms with Crippen LogP contribution in [0.5, 0.6) is 0 Å². The number of ether oxygens (including phenoxy) is 1. The number of nitrogens with two attached hydrogens (primary N) is 1. The van der Waals surface area contributed by atoms with Crippen LogP contribution >= 0.6 is 0 Å². The number of hydrogen-bond acceptors (Lipinski definition) is 4. The largest absolute Gasteiger partial charge is 0.360 e. The maximum absolute atomic E-state index is 12.5. The smallest absolute Gasteiger partial charge is 0.230 e. The Bertz CT molecular complexity index is 352. The predicted octanol–water partition coefficient (Wildman–Crippen LogP) is 0.255. The van der Waals surface area contributed by atoms with Gasteiger partial charge >= 0.3 is 0 Å². The zero-order chi connectivity index (χ0) is 12.5. The maximum Gasteiger partial charge on any atom is 0.230 e. The number of morpholine rings is 1. The van der Waals surface area contributed by atoms with Crippen LogP contribution in [0.15, 0.2) is 0 Å². The predicted molar refractivity (Wildman–Crippen MR) is 61.9 cm³/mol. The SMILES string of the molecule is CC1(C(=O)N2CCOC(C#N)C2)CCCC1N. The standard InChI is InChI=1S/C12H19N3O2/c1-12(4-2-3-10(12)14)11(16)15-5-6-17-9(7-13)8-15/h9-10H,2-6,8,14H2,1H3. The van der Waals surface area contributed by atoms with E-state index in [0.29, 0.717) is 19.7 Å². The van der Waals surface area contributed by atoms with Crippen molar-refractivity contribution in [1.82, 2.24) is 4.90 Å². The van der Waals surface area contributed by atoms with Gasteiger partial charge in [-0.15, -0.1) is 0 Å². The molecule has 5 heteroatoms. The lowest BCUT2D eigenvalue weighted by Gasteiger charge is -2.37. The van der Waals surface area contributed by atoms with Gasteiger partial charge in [0.15, 0.2) is 6.10 Å². The average Bonchev–Trinajstić information content (AvgIpc) is 2.70. The highest BCUT2D eigenvalue weighted by molar-refractivity contribution is 5.83. The van der Waals surface area contributed by atoms with E-state index in [2.05, 4.69) is 6.07 Å². The molecule has 1 saturated heterocycles. The first kappa shape index (κ1) is 12.3. The molecule has 0 bridgehead atoms. The molecular weight excluding hydrogens is 218 g/mol. The average molecular weight is 237 g/mol. The minimum absolute atomic E-state index is 0.0571. The Balaban J connectivity index is 2.07. The van der Waals surface area contributed by atoms with E-state index in [1.54, 1.807) is 4.90 Å². The molecule has 2 N–H and O–H groups in total. The summed E-state index contributed by atoms with van der Waals surface area (Å²) in [4.78, 5) is 14.2. The lowest BCUT2D eigenvalue weighted by molar-refractivity contribution is -0.147. The summed E-state index contributed by atoms with van der Waals surface area (Å²) in [5, 5.41) is 8.83. The Kier molecular flexibility index (Phi) is 3.36. The monoisotopic (exact) mass is 237 g/mol. The van der Waals surface area contributed by atoms with Gasteiger partial charge in [-0.2, -0.15) is 5.26 Å². The third-order valence-corrected chi connectivity index (χ3v) is 4.02. The zero-order valence-electron chi connectivity index (χ0n) is 10.2. The van der Waals surface area contributed by atoms with Crippen LogP contribution in [0.3, 0.4) is 0 Å². The molecule has 1 aliphatic heterocycles. The summed E-state index contributed by atoms with van der Waals surface area (Å²) < 4.78 is 5.24. The van der Waals surface area contributed by atoms with Gasteiger partial charge < -0.3 is 15.4 Å². The second-order valence-electron chi connectivity index (χ2n) is 5.16. The topological polar surface area (TPSA) is 79.3 Å². The number of nitriles is 1. The van der Waals surface area contributed by atoms with E-state index >= 15 is 0 Å². The first-order chi connectivity index (χ1) is 8.08. The highest BCUT2D eigenvalue weighted by atomic mass is 16.5. The second-order valence-corrected chi connectivity index (χ2v) is 5.16. The van der Waals surface area contributed by atoms with Gasteiger partial charge in [0.25, 0.3) is 0 Å². The minimum Gasteiger partial charge on any atom is -0.360 e. The number of nitrogens with zero attached hydrogens (tertiary/aromatic N) is 2. The lowest BCUT2D eigenvalue weighted by Crippen LogP contribution is -2.54. The van der Waals surface area contributed by atoms with Crippen molar-refractivity contribution in [3.8, 4) is 6.07 Å². The van der Waals surface area contributed by atoms with E-state index in [1.165, 1.54) is 0 Å². The summed E-state index contributed by atoms with van der Waals surface area (Å²) >= 11 is 0. The van der Waals surface area contributed by atoms with Crippen molar-refractivity contribution in [1.29, 1.82) is 5.26 Å². The second kappa shape index (κ2) is 4.63. The highest BCUT2D eigenvalue weighted by Crippen LogP contribution is 2.38. The van der Waals surface area contributed by atoms with Crippen molar-refractivity contribution in [2.75, 3.05) is 19.7 Å². The molecule has 1 aliphatic carbocycles. The maximum atomic E-state index is 12.5. The molecule has 3 unspecified atom stereocenters. The molecule has 1 amide bonds. The molecule has 1 saturated carbocycles. The number of amides is 1. The molecule has 94 valence electrons. The van der Waals surface area contributed by atoms with Crippen molar-refractivity contribution >= 4 is 5.91 Å². The van der Waals surface area contributed by atoms with Crippen molar-refractivity contribution in [3.63, 3.8) is 0 Å². The van der Waals surface area contributed by atoms with Crippen molar-refractivity contribution < 1.29 is 9.53 Å². The van der Waals surface area contributed by atoms with Crippen LogP contribution in [-0.4, -0.2) is 42.6 Å². The third kappa shape index (κ3) is 2.15. The molecule has 0 radical (unpaired) electrons. The van der Waals surface area contributed by atoms with Gasteiger partial charge in [0.2, 0.25) is 5.91 Å². The Morgan fingerprint density at radius 1 is 1.65 bits per heavy atom. The Hall–Kier alpha value is -1.12. The van der Waals surface area contributed by atoms with Gasteiger partial charge in [-0.3, -0.25) is 4.79 Å². The molecule has 0 aromatic carbocycles. The first-order valence-electron chi connectivity index (χ1n) is 6.14. The van der Waals surface area contributed by atoms with Gasteiger partial charge in [-0.25, -0.2) is 0 Å². The van der Waals surface area contributed by atoms with Crippen LogP contribution in [0.2, 0.25) is 0 Å². The molecule has 2 rings (SSSR count). The fourth-order valence-electron chi connectivity index (χ4n) is 2.73. The number of carbonyl (C=O) groups is 1. The van der Waals surface area contributed by atoms with Crippen LogP contribution in [0.4, 0.5) is 0 Å². The molecule has 0 aromatic rings. The van der Waals surface area contributed by atoms with Gasteiger partial charge in [-0.05, 0) is 19.8 Å². The van der Waals surface area contributed by atoms with Crippen LogP contribution in [0, 0.1) is 16.7 Å². The zero-order valence-corrected chi connectivity index (χ0v) is 10.2. The fourth-order valence-corrected chi connectivity index (χ4v) is 2.73. The number of carbonyl (C=O) groups excluding carboxylic acids is 1. The van der Waals surface area contributed by atoms with Crippen LogP contribution in [0.25, 0.3) is 0 Å². The summed E-state index contributed by atoms with van der Waals surface area (Å²) in [6.45, 7) is 3.33. The van der Waals surface area contributed by atoms with E-state index in [9.17, 15) is 4.79 Å². The molecule has 17 heavy (non-hydrogen) atoms. The fraction of sp³-hybridized carbons (Fsp3) is 0.833. The quantitative estimate of drug-likeness (QED) is 0.709. The van der Waals surface area contributed by atoms with E-state index in [1.807, 2.05) is 6.92 Å². The van der Waals surface area contributed by atoms with E-state index in [0.717, 1.165) is 19.3 Å². The summed E-state index contributed by atoms with van der Waals surface area (Å²) in [6.07, 6.45) is 2.28.